The number of hydrogen-bond acceptors (Lipinski definition) is 3. The first-order valence-corrected chi connectivity index (χ1v) is 6.76. The van der Waals surface area contributed by atoms with E-state index in [0.29, 0.717) is 0 Å². The molecule has 0 aliphatic carbocycles. The minimum absolute atomic E-state index is 0.0215. The second kappa shape index (κ2) is 5.98. The van der Waals surface area contributed by atoms with Gasteiger partial charge >= 0.3 is 0 Å². The Morgan fingerprint density at radius 1 is 1.53 bits per heavy atom. The zero-order chi connectivity index (χ0) is 13.1. The molecule has 1 aromatic rings. The van der Waals surface area contributed by atoms with Crippen LogP contribution in [0.1, 0.15) is 38.1 Å². The van der Waals surface area contributed by atoms with E-state index in [4.69, 9.17) is 5.11 Å². The quantitative estimate of drug-likeness (QED) is 0.846. The number of halogens is 1. The fourth-order valence-corrected chi connectivity index (χ4v) is 2.28. The fourth-order valence-electron chi connectivity index (χ4n) is 1.81. The van der Waals surface area contributed by atoms with Crippen LogP contribution in [-0.2, 0) is 13.6 Å². The van der Waals surface area contributed by atoms with Crippen LogP contribution in [0.5, 0.6) is 0 Å². The SMILES string of the molecule is CCC(C)(CCO)NCc1c(Br)c(C)nn1C. The van der Waals surface area contributed by atoms with E-state index >= 15 is 0 Å². The van der Waals surface area contributed by atoms with Crippen molar-refractivity contribution in [1.82, 2.24) is 15.1 Å². The molecular formula is C12H22BrN3O. The standard InChI is InChI=1S/C12H22BrN3O/c1-5-12(3,6-7-17)14-8-10-11(13)9(2)15-16(10)4/h14,17H,5-8H2,1-4H3. The van der Waals surface area contributed by atoms with Crippen molar-refractivity contribution < 1.29 is 5.11 Å². The van der Waals surface area contributed by atoms with Gasteiger partial charge in [0.25, 0.3) is 0 Å². The van der Waals surface area contributed by atoms with Crippen molar-refractivity contribution in [3.05, 3.63) is 15.9 Å². The first-order valence-electron chi connectivity index (χ1n) is 5.97. The Morgan fingerprint density at radius 3 is 2.59 bits per heavy atom. The van der Waals surface area contributed by atoms with Gasteiger partial charge in [-0.1, -0.05) is 6.92 Å². The molecule has 4 nitrogen and oxygen atoms in total. The van der Waals surface area contributed by atoms with Gasteiger partial charge in [0.1, 0.15) is 0 Å². The van der Waals surface area contributed by atoms with Crippen molar-refractivity contribution in [1.29, 1.82) is 0 Å². The molecule has 5 heteroatoms. The highest BCUT2D eigenvalue weighted by molar-refractivity contribution is 9.10. The second-order valence-electron chi connectivity index (χ2n) is 4.71. The summed E-state index contributed by atoms with van der Waals surface area (Å²) in [5, 5.41) is 16.9. The van der Waals surface area contributed by atoms with E-state index in [1.165, 1.54) is 0 Å². The van der Waals surface area contributed by atoms with Crippen LogP contribution < -0.4 is 5.32 Å². The molecule has 0 aliphatic rings. The van der Waals surface area contributed by atoms with E-state index < -0.39 is 0 Å². The highest BCUT2D eigenvalue weighted by Gasteiger charge is 2.22. The average molecular weight is 304 g/mol. The summed E-state index contributed by atoms with van der Waals surface area (Å²) in [5.74, 6) is 0. The Bertz CT molecular complexity index is 378. The maximum Gasteiger partial charge on any atom is 0.0739 e. The van der Waals surface area contributed by atoms with E-state index in [1.54, 1.807) is 0 Å². The van der Waals surface area contributed by atoms with Gasteiger partial charge in [-0.25, -0.2) is 0 Å². The number of hydrogen-bond donors (Lipinski definition) is 2. The minimum Gasteiger partial charge on any atom is -0.396 e. The Morgan fingerprint density at radius 2 is 2.18 bits per heavy atom. The van der Waals surface area contributed by atoms with Crippen LogP contribution in [0.3, 0.4) is 0 Å². The number of aromatic nitrogens is 2. The van der Waals surface area contributed by atoms with E-state index in [1.807, 2.05) is 18.7 Å². The zero-order valence-electron chi connectivity index (χ0n) is 11.0. The van der Waals surface area contributed by atoms with E-state index in [2.05, 4.69) is 40.2 Å². The van der Waals surface area contributed by atoms with Crippen LogP contribution in [0.2, 0.25) is 0 Å². The molecule has 1 heterocycles. The monoisotopic (exact) mass is 303 g/mol. The van der Waals surface area contributed by atoms with Crippen LogP contribution in [0, 0.1) is 6.92 Å². The fraction of sp³-hybridized carbons (Fsp3) is 0.750. The molecule has 1 atom stereocenters. The Balaban J connectivity index is 2.72. The molecule has 0 radical (unpaired) electrons. The van der Waals surface area contributed by atoms with Crippen molar-refractivity contribution in [2.75, 3.05) is 6.61 Å². The molecule has 1 unspecified atom stereocenters. The Labute approximate surface area is 112 Å². The van der Waals surface area contributed by atoms with Crippen molar-refractivity contribution in [2.24, 2.45) is 7.05 Å². The predicted molar refractivity (Wildman–Crippen MR) is 72.9 cm³/mol. The lowest BCUT2D eigenvalue weighted by atomic mass is 9.95. The third-order valence-corrected chi connectivity index (χ3v) is 4.42. The van der Waals surface area contributed by atoms with Crippen LogP contribution in [0.25, 0.3) is 0 Å². The maximum atomic E-state index is 9.08. The van der Waals surface area contributed by atoms with Crippen LogP contribution in [0.15, 0.2) is 4.47 Å². The molecule has 0 amide bonds. The van der Waals surface area contributed by atoms with Gasteiger partial charge in [0.2, 0.25) is 0 Å². The molecule has 0 aliphatic heterocycles. The van der Waals surface area contributed by atoms with Crippen molar-refractivity contribution in [2.45, 2.75) is 45.7 Å². The van der Waals surface area contributed by atoms with Gasteiger partial charge in [-0.05, 0) is 42.6 Å². The number of nitrogens with zero attached hydrogens (tertiary/aromatic N) is 2. The number of aliphatic hydroxyl groups is 1. The Kier molecular flexibility index (Phi) is 5.16. The highest BCUT2D eigenvalue weighted by atomic mass is 79.9. The lowest BCUT2D eigenvalue weighted by Crippen LogP contribution is -2.42. The maximum absolute atomic E-state index is 9.08. The summed E-state index contributed by atoms with van der Waals surface area (Å²) in [6, 6.07) is 0. The van der Waals surface area contributed by atoms with Gasteiger partial charge in [0.05, 0.1) is 15.9 Å². The third-order valence-electron chi connectivity index (χ3n) is 3.39. The van der Waals surface area contributed by atoms with Gasteiger partial charge in [-0.15, -0.1) is 0 Å². The molecule has 0 saturated heterocycles. The molecule has 17 heavy (non-hydrogen) atoms. The number of nitrogens with one attached hydrogen (secondary N) is 1. The summed E-state index contributed by atoms with van der Waals surface area (Å²) in [5.41, 5.74) is 2.12. The largest absolute Gasteiger partial charge is 0.396 e. The van der Waals surface area contributed by atoms with Crippen LogP contribution >= 0.6 is 15.9 Å². The molecule has 98 valence electrons. The minimum atomic E-state index is -0.0215. The molecule has 0 aromatic carbocycles. The highest BCUT2D eigenvalue weighted by Crippen LogP contribution is 2.22. The smallest absolute Gasteiger partial charge is 0.0739 e. The molecule has 2 N–H and O–H groups in total. The molecule has 0 spiro atoms. The molecule has 0 bridgehead atoms. The van der Waals surface area contributed by atoms with Crippen molar-refractivity contribution in [3.63, 3.8) is 0 Å². The number of rotatable bonds is 6. The normalized spacial score (nSPS) is 14.9. The Hall–Kier alpha value is -0.390. The topological polar surface area (TPSA) is 50.1 Å². The van der Waals surface area contributed by atoms with E-state index in [9.17, 15) is 0 Å². The van der Waals surface area contributed by atoms with Crippen molar-refractivity contribution >= 4 is 15.9 Å². The van der Waals surface area contributed by atoms with Gasteiger partial charge in [0, 0.05) is 25.7 Å². The zero-order valence-corrected chi connectivity index (χ0v) is 12.6. The first kappa shape index (κ1) is 14.7. The van der Waals surface area contributed by atoms with E-state index in [-0.39, 0.29) is 12.1 Å². The molecular weight excluding hydrogens is 282 g/mol. The summed E-state index contributed by atoms with van der Waals surface area (Å²) in [6.07, 6.45) is 1.75. The number of aliphatic hydroxyl groups excluding tert-OH is 1. The molecule has 0 saturated carbocycles. The first-order chi connectivity index (χ1) is 7.93. The van der Waals surface area contributed by atoms with Crippen LogP contribution in [-0.4, -0.2) is 27.0 Å². The summed E-state index contributed by atoms with van der Waals surface area (Å²) in [6.45, 7) is 7.22. The second-order valence-corrected chi connectivity index (χ2v) is 5.50. The van der Waals surface area contributed by atoms with E-state index in [0.717, 1.165) is 35.2 Å². The summed E-state index contributed by atoms with van der Waals surface area (Å²) >= 11 is 3.56. The molecule has 0 fully saturated rings. The van der Waals surface area contributed by atoms with Crippen LogP contribution in [0.4, 0.5) is 0 Å². The molecule has 1 rings (SSSR count). The predicted octanol–water partition coefficient (Wildman–Crippen LogP) is 2.13. The van der Waals surface area contributed by atoms with Gasteiger partial charge in [-0.2, -0.15) is 5.10 Å². The lowest BCUT2D eigenvalue weighted by molar-refractivity contribution is 0.213. The average Bonchev–Trinajstić information content (AvgIpc) is 2.52. The number of aryl methyl sites for hydroxylation is 2. The summed E-state index contributed by atoms with van der Waals surface area (Å²) < 4.78 is 2.96. The lowest BCUT2D eigenvalue weighted by Gasteiger charge is -2.29. The van der Waals surface area contributed by atoms with Gasteiger partial charge in [-0.3, -0.25) is 4.68 Å². The van der Waals surface area contributed by atoms with Gasteiger partial charge < -0.3 is 10.4 Å². The summed E-state index contributed by atoms with van der Waals surface area (Å²) in [4.78, 5) is 0. The van der Waals surface area contributed by atoms with Crippen molar-refractivity contribution in [3.8, 4) is 0 Å². The van der Waals surface area contributed by atoms with Gasteiger partial charge in [0.15, 0.2) is 0 Å². The third kappa shape index (κ3) is 3.53. The molecule has 1 aromatic heterocycles. The summed E-state index contributed by atoms with van der Waals surface area (Å²) in [7, 11) is 1.95.